The summed E-state index contributed by atoms with van der Waals surface area (Å²) >= 11 is 6.80. The van der Waals surface area contributed by atoms with Gasteiger partial charge in [-0.15, -0.1) is 0 Å². The molecule has 0 radical (unpaired) electrons. The first-order valence-corrected chi connectivity index (χ1v) is 7.67. The zero-order valence-corrected chi connectivity index (χ0v) is 14.0. The average molecular weight is 416 g/mol. The Bertz CT molecular complexity index is 647. The summed E-state index contributed by atoms with van der Waals surface area (Å²) in [5, 5.41) is 23.8. The van der Waals surface area contributed by atoms with Gasteiger partial charge in [0.15, 0.2) is 0 Å². The Labute approximate surface area is 138 Å². The van der Waals surface area contributed by atoms with Crippen LogP contribution in [0.5, 0.6) is 0 Å². The predicted octanol–water partition coefficient (Wildman–Crippen LogP) is 4.27. The number of nitrogens with zero attached hydrogens (tertiary/aromatic N) is 1. The lowest BCUT2D eigenvalue weighted by molar-refractivity contribution is -0.384. The molecule has 7 heteroatoms. The molecule has 0 aliphatic rings. The quantitative estimate of drug-likeness (QED) is 0.564. The fourth-order valence-corrected chi connectivity index (χ4v) is 2.96. The summed E-state index contributed by atoms with van der Waals surface area (Å²) in [4.78, 5) is 10.1. The van der Waals surface area contributed by atoms with Gasteiger partial charge < -0.3 is 10.4 Å². The minimum absolute atomic E-state index is 0.00885. The molecule has 0 saturated heterocycles. The number of nitro groups is 1. The minimum atomic E-state index is -0.749. The number of hydrogen-bond donors (Lipinski definition) is 2. The van der Waals surface area contributed by atoms with Gasteiger partial charge in [-0.1, -0.05) is 15.9 Å². The molecule has 2 rings (SSSR count). The van der Waals surface area contributed by atoms with Gasteiger partial charge >= 0.3 is 0 Å². The number of anilines is 1. The minimum Gasteiger partial charge on any atom is -0.387 e. The van der Waals surface area contributed by atoms with Crippen LogP contribution >= 0.6 is 31.9 Å². The van der Waals surface area contributed by atoms with E-state index in [9.17, 15) is 15.2 Å². The molecule has 0 fully saturated rings. The van der Waals surface area contributed by atoms with Crippen LogP contribution < -0.4 is 5.32 Å². The number of nitro benzene ring substituents is 1. The molecule has 0 heterocycles. The van der Waals surface area contributed by atoms with E-state index >= 15 is 0 Å². The van der Waals surface area contributed by atoms with Gasteiger partial charge in [0.25, 0.3) is 5.69 Å². The number of aliphatic hydroxyl groups excluding tert-OH is 1. The standard InChI is InChI=1S/C14H12Br2N2O3/c15-10-3-6-13(12(16)7-10)17-8-14(19)9-1-4-11(5-2-9)18(20)21/h1-7,14,17,19H,8H2. The van der Waals surface area contributed by atoms with E-state index in [1.54, 1.807) is 12.1 Å². The van der Waals surface area contributed by atoms with E-state index in [4.69, 9.17) is 0 Å². The van der Waals surface area contributed by atoms with Crippen molar-refractivity contribution in [2.45, 2.75) is 6.10 Å². The molecule has 0 aliphatic heterocycles. The zero-order chi connectivity index (χ0) is 15.4. The summed E-state index contributed by atoms with van der Waals surface area (Å²) in [6.07, 6.45) is -0.749. The van der Waals surface area contributed by atoms with Crippen molar-refractivity contribution >= 4 is 43.2 Å². The third-order valence-corrected chi connectivity index (χ3v) is 4.06. The van der Waals surface area contributed by atoms with Gasteiger partial charge in [-0.05, 0) is 51.8 Å². The highest BCUT2D eigenvalue weighted by molar-refractivity contribution is 9.11. The molecule has 2 aromatic rings. The molecule has 2 N–H and O–H groups in total. The highest BCUT2D eigenvalue weighted by Gasteiger charge is 2.11. The predicted molar refractivity (Wildman–Crippen MR) is 88.4 cm³/mol. The summed E-state index contributed by atoms with van der Waals surface area (Å²) in [6, 6.07) is 11.6. The molecule has 0 aromatic heterocycles. The highest BCUT2D eigenvalue weighted by atomic mass is 79.9. The normalized spacial score (nSPS) is 12.0. The zero-order valence-electron chi connectivity index (χ0n) is 10.8. The van der Waals surface area contributed by atoms with E-state index in [-0.39, 0.29) is 5.69 Å². The monoisotopic (exact) mass is 414 g/mol. The summed E-state index contributed by atoms with van der Waals surface area (Å²) in [5.74, 6) is 0. The van der Waals surface area contributed by atoms with Crippen LogP contribution in [0.15, 0.2) is 51.4 Å². The number of halogens is 2. The molecule has 1 unspecified atom stereocenters. The summed E-state index contributed by atoms with van der Waals surface area (Å²) in [7, 11) is 0. The largest absolute Gasteiger partial charge is 0.387 e. The van der Waals surface area contributed by atoms with Crippen molar-refractivity contribution in [2.24, 2.45) is 0 Å². The van der Waals surface area contributed by atoms with Crippen molar-refractivity contribution in [1.82, 2.24) is 0 Å². The van der Waals surface area contributed by atoms with Crippen LogP contribution in [-0.2, 0) is 0 Å². The average Bonchev–Trinajstić information content (AvgIpc) is 2.46. The molecule has 0 amide bonds. The lowest BCUT2D eigenvalue weighted by atomic mass is 10.1. The van der Waals surface area contributed by atoms with E-state index in [0.29, 0.717) is 12.1 Å². The van der Waals surface area contributed by atoms with E-state index in [1.165, 1.54) is 12.1 Å². The molecule has 0 spiro atoms. The molecule has 1 atom stereocenters. The van der Waals surface area contributed by atoms with Gasteiger partial charge in [-0.3, -0.25) is 10.1 Å². The van der Waals surface area contributed by atoms with Crippen molar-refractivity contribution in [3.8, 4) is 0 Å². The maximum atomic E-state index is 10.6. The maximum absolute atomic E-state index is 10.6. The molecular formula is C14H12Br2N2O3. The second-order valence-electron chi connectivity index (χ2n) is 4.37. The van der Waals surface area contributed by atoms with Crippen LogP contribution in [0.2, 0.25) is 0 Å². The van der Waals surface area contributed by atoms with Gasteiger partial charge in [0.2, 0.25) is 0 Å². The second-order valence-corrected chi connectivity index (χ2v) is 6.14. The summed E-state index contributed by atoms with van der Waals surface area (Å²) in [6.45, 7) is 0.304. The number of aliphatic hydroxyl groups is 1. The summed E-state index contributed by atoms with van der Waals surface area (Å²) < 4.78 is 1.84. The second kappa shape index (κ2) is 7.02. The van der Waals surface area contributed by atoms with E-state index in [0.717, 1.165) is 14.6 Å². The lowest BCUT2D eigenvalue weighted by Crippen LogP contribution is -2.12. The number of rotatable bonds is 5. The number of benzene rings is 2. The number of non-ortho nitro benzene ring substituents is 1. The Balaban J connectivity index is 2.01. The third-order valence-electron chi connectivity index (χ3n) is 2.91. The Morgan fingerprint density at radius 3 is 2.43 bits per heavy atom. The Morgan fingerprint density at radius 2 is 1.86 bits per heavy atom. The maximum Gasteiger partial charge on any atom is 0.269 e. The van der Waals surface area contributed by atoms with Crippen LogP contribution in [0.25, 0.3) is 0 Å². The molecule has 0 saturated carbocycles. The van der Waals surface area contributed by atoms with Gasteiger partial charge in [-0.25, -0.2) is 0 Å². The Hall–Kier alpha value is -1.44. The molecule has 110 valence electrons. The van der Waals surface area contributed by atoms with Crippen LogP contribution in [0.4, 0.5) is 11.4 Å². The molecule has 0 aliphatic carbocycles. The van der Waals surface area contributed by atoms with Crippen LogP contribution in [-0.4, -0.2) is 16.6 Å². The van der Waals surface area contributed by atoms with Gasteiger partial charge in [-0.2, -0.15) is 0 Å². The first-order chi connectivity index (χ1) is 9.97. The first kappa shape index (κ1) is 15.9. The molecular weight excluding hydrogens is 404 g/mol. The third kappa shape index (κ3) is 4.26. The van der Waals surface area contributed by atoms with E-state index < -0.39 is 11.0 Å². The topological polar surface area (TPSA) is 75.4 Å². The van der Waals surface area contributed by atoms with Crippen molar-refractivity contribution in [2.75, 3.05) is 11.9 Å². The molecule has 2 aromatic carbocycles. The highest BCUT2D eigenvalue weighted by Crippen LogP contribution is 2.27. The molecule has 21 heavy (non-hydrogen) atoms. The summed E-state index contributed by atoms with van der Waals surface area (Å²) in [5.41, 5.74) is 1.50. The number of hydrogen-bond acceptors (Lipinski definition) is 4. The van der Waals surface area contributed by atoms with Crippen molar-refractivity contribution in [1.29, 1.82) is 0 Å². The van der Waals surface area contributed by atoms with E-state index in [2.05, 4.69) is 37.2 Å². The smallest absolute Gasteiger partial charge is 0.269 e. The van der Waals surface area contributed by atoms with Crippen molar-refractivity contribution in [3.63, 3.8) is 0 Å². The Kier molecular flexibility index (Phi) is 5.33. The lowest BCUT2D eigenvalue weighted by Gasteiger charge is -2.14. The van der Waals surface area contributed by atoms with Crippen molar-refractivity contribution in [3.05, 3.63) is 67.1 Å². The van der Waals surface area contributed by atoms with Crippen molar-refractivity contribution < 1.29 is 10.0 Å². The fourth-order valence-electron chi connectivity index (χ4n) is 1.78. The molecule has 5 nitrogen and oxygen atoms in total. The van der Waals surface area contributed by atoms with Gasteiger partial charge in [0.1, 0.15) is 0 Å². The van der Waals surface area contributed by atoms with Crippen LogP contribution in [0, 0.1) is 10.1 Å². The van der Waals surface area contributed by atoms with E-state index in [1.807, 2.05) is 18.2 Å². The Morgan fingerprint density at radius 1 is 1.19 bits per heavy atom. The van der Waals surface area contributed by atoms with Crippen LogP contribution in [0.3, 0.4) is 0 Å². The molecule has 0 bridgehead atoms. The SMILES string of the molecule is O=[N+]([O-])c1ccc(C(O)CNc2ccc(Br)cc2Br)cc1. The number of nitrogens with one attached hydrogen (secondary N) is 1. The van der Waals surface area contributed by atoms with Gasteiger partial charge in [0, 0.05) is 33.3 Å². The fraction of sp³-hybridized carbons (Fsp3) is 0.143. The first-order valence-electron chi connectivity index (χ1n) is 6.08. The van der Waals surface area contributed by atoms with Crippen LogP contribution in [0.1, 0.15) is 11.7 Å². The van der Waals surface area contributed by atoms with Gasteiger partial charge in [0.05, 0.1) is 11.0 Å².